The SMILES string of the molecule is Cc1[nH]c2cccc(C(C)CCS(=O)(=O)c3ccccc3)c2c1C(=O)c1ccccc1. The molecule has 0 aliphatic rings. The van der Waals surface area contributed by atoms with E-state index < -0.39 is 9.84 Å². The highest BCUT2D eigenvalue weighted by atomic mass is 32.2. The van der Waals surface area contributed by atoms with Crippen molar-refractivity contribution in [3.05, 3.63) is 101 Å². The first-order valence-corrected chi connectivity index (χ1v) is 12.0. The van der Waals surface area contributed by atoms with Gasteiger partial charge in [-0.05, 0) is 43.0 Å². The summed E-state index contributed by atoms with van der Waals surface area (Å²) in [6.07, 6.45) is 0.472. The van der Waals surface area contributed by atoms with E-state index in [1.807, 2.05) is 68.4 Å². The van der Waals surface area contributed by atoms with Crippen LogP contribution in [0.5, 0.6) is 0 Å². The van der Waals surface area contributed by atoms with Gasteiger partial charge in [0.1, 0.15) is 0 Å². The van der Waals surface area contributed by atoms with Gasteiger partial charge in [0.05, 0.1) is 16.2 Å². The number of aryl methyl sites for hydroxylation is 1. The summed E-state index contributed by atoms with van der Waals surface area (Å²) in [7, 11) is -3.36. The lowest BCUT2D eigenvalue weighted by Crippen LogP contribution is -2.10. The maximum Gasteiger partial charge on any atom is 0.195 e. The highest BCUT2D eigenvalue weighted by Gasteiger charge is 2.23. The van der Waals surface area contributed by atoms with Gasteiger partial charge in [0, 0.05) is 22.2 Å². The van der Waals surface area contributed by atoms with Crippen molar-refractivity contribution in [3.63, 3.8) is 0 Å². The van der Waals surface area contributed by atoms with Gasteiger partial charge in [0.15, 0.2) is 15.6 Å². The van der Waals surface area contributed by atoms with Crippen LogP contribution in [-0.4, -0.2) is 24.9 Å². The third-order valence-corrected chi connectivity index (χ3v) is 7.52. The zero-order chi connectivity index (χ0) is 22.0. The highest BCUT2D eigenvalue weighted by Crippen LogP contribution is 2.33. The predicted octanol–water partition coefficient (Wildman–Crippen LogP) is 5.67. The molecule has 0 saturated heterocycles. The minimum absolute atomic E-state index is 0.0269. The second-order valence-electron chi connectivity index (χ2n) is 7.91. The van der Waals surface area contributed by atoms with E-state index in [4.69, 9.17) is 0 Å². The number of aromatic nitrogens is 1. The summed E-state index contributed by atoms with van der Waals surface area (Å²) < 4.78 is 25.5. The molecular formula is C26H25NO3S. The molecule has 0 spiro atoms. The van der Waals surface area contributed by atoms with Gasteiger partial charge in [-0.3, -0.25) is 4.79 Å². The average molecular weight is 432 g/mol. The number of nitrogens with one attached hydrogen (secondary N) is 1. The molecular weight excluding hydrogens is 406 g/mol. The lowest BCUT2D eigenvalue weighted by molar-refractivity contribution is 0.103. The molecule has 0 fully saturated rings. The van der Waals surface area contributed by atoms with Crippen LogP contribution in [0.2, 0.25) is 0 Å². The quantitative estimate of drug-likeness (QED) is 0.383. The van der Waals surface area contributed by atoms with Crippen molar-refractivity contribution in [3.8, 4) is 0 Å². The number of rotatable bonds is 7. The Balaban J connectivity index is 1.69. The molecule has 0 radical (unpaired) electrons. The first-order chi connectivity index (χ1) is 14.9. The fraction of sp³-hybridized carbons (Fsp3) is 0.192. The van der Waals surface area contributed by atoms with E-state index in [2.05, 4.69) is 4.98 Å². The van der Waals surface area contributed by atoms with Crippen LogP contribution in [0.3, 0.4) is 0 Å². The summed E-state index contributed by atoms with van der Waals surface area (Å²) in [5, 5.41) is 0.887. The minimum atomic E-state index is -3.36. The molecule has 0 aliphatic carbocycles. The average Bonchev–Trinajstić information content (AvgIpc) is 3.14. The van der Waals surface area contributed by atoms with E-state index in [1.165, 1.54) is 0 Å². The molecule has 0 saturated carbocycles. The van der Waals surface area contributed by atoms with Crippen LogP contribution < -0.4 is 0 Å². The zero-order valence-corrected chi connectivity index (χ0v) is 18.4. The van der Waals surface area contributed by atoms with E-state index >= 15 is 0 Å². The lowest BCUT2D eigenvalue weighted by atomic mass is 9.91. The largest absolute Gasteiger partial charge is 0.358 e. The van der Waals surface area contributed by atoms with Gasteiger partial charge in [-0.25, -0.2) is 8.42 Å². The van der Waals surface area contributed by atoms with Crippen LogP contribution >= 0.6 is 0 Å². The topological polar surface area (TPSA) is 67.0 Å². The van der Waals surface area contributed by atoms with E-state index in [0.29, 0.717) is 22.4 Å². The molecule has 4 rings (SSSR count). The van der Waals surface area contributed by atoms with Crippen molar-refractivity contribution in [2.24, 2.45) is 0 Å². The van der Waals surface area contributed by atoms with Crippen molar-refractivity contribution in [1.82, 2.24) is 4.98 Å². The van der Waals surface area contributed by atoms with E-state index in [0.717, 1.165) is 22.2 Å². The molecule has 1 N–H and O–H groups in total. The van der Waals surface area contributed by atoms with Gasteiger partial charge in [0.2, 0.25) is 0 Å². The molecule has 1 atom stereocenters. The molecule has 0 aliphatic heterocycles. The Bertz CT molecular complexity index is 1320. The predicted molar refractivity (Wildman–Crippen MR) is 124 cm³/mol. The van der Waals surface area contributed by atoms with Crippen LogP contribution in [0.25, 0.3) is 10.9 Å². The van der Waals surface area contributed by atoms with Gasteiger partial charge < -0.3 is 4.98 Å². The number of sulfone groups is 1. The summed E-state index contributed by atoms with van der Waals surface area (Å²) in [4.78, 5) is 17.0. The fourth-order valence-corrected chi connectivity index (χ4v) is 5.54. The zero-order valence-electron chi connectivity index (χ0n) is 17.6. The number of fused-ring (bicyclic) bond motifs is 1. The van der Waals surface area contributed by atoms with Crippen molar-refractivity contribution in [2.45, 2.75) is 31.1 Å². The normalized spacial score (nSPS) is 12.7. The van der Waals surface area contributed by atoms with Crippen LogP contribution in [0.15, 0.2) is 83.8 Å². The Kier molecular flexibility index (Phi) is 5.79. The molecule has 0 amide bonds. The third-order valence-electron chi connectivity index (χ3n) is 5.76. The Morgan fingerprint density at radius 3 is 2.23 bits per heavy atom. The highest BCUT2D eigenvalue weighted by molar-refractivity contribution is 7.91. The van der Waals surface area contributed by atoms with Crippen molar-refractivity contribution < 1.29 is 13.2 Å². The molecule has 4 aromatic rings. The lowest BCUT2D eigenvalue weighted by Gasteiger charge is -2.15. The number of hydrogen-bond donors (Lipinski definition) is 1. The molecule has 1 aromatic heterocycles. The summed E-state index contributed by atoms with van der Waals surface area (Å²) in [6.45, 7) is 3.93. The van der Waals surface area contributed by atoms with Gasteiger partial charge in [-0.15, -0.1) is 0 Å². The molecule has 158 valence electrons. The number of ketones is 1. The first kappa shape index (κ1) is 21.1. The molecule has 1 unspecified atom stereocenters. The van der Waals surface area contributed by atoms with E-state index in [-0.39, 0.29) is 17.5 Å². The van der Waals surface area contributed by atoms with Crippen LogP contribution in [-0.2, 0) is 9.84 Å². The maximum atomic E-state index is 13.3. The second kappa shape index (κ2) is 8.52. The summed E-state index contributed by atoms with van der Waals surface area (Å²) in [6, 6.07) is 23.7. The molecule has 31 heavy (non-hydrogen) atoms. The summed E-state index contributed by atoms with van der Waals surface area (Å²) in [5.74, 6) is 0.000510. The molecule has 3 aromatic carbocycles. The van der Waals surface area contributed by atoms with Gasteiger partial charge in [-0.2, -0.15) is 0 Å². The first-order valence-electron chi connectivity index (χ1n) is 10.4. The van der Waals surface area contributed by atoms with E-state index in [1.54, 1.807) is 24.3 Å². The number of benzene rings is 3. The maximum absolute atomic E-state index is 13.3. The Labute approximate surface area is 182 Å². The van der Waals surface area contributed by atoms with Crippen molar-refractivity contribution in [2.75, 3.05) is 5.75 Å². The number of carbonyl (C=O) groups is 1. The standard InChI is InChI=1S/C26H25NO3S/c1-18(16-17-31(29,30)21-12-7-4-8-13-21)22-14-9-15-23-25(22)24(19(2)27-23)26(28)20-10-5-3-6-11-20/h3-15,18,27H,16-17H2,1-2H3. The van der Waals surface area contributed by atoms with Gasteiger partial charge in [0.25, 0.3) is 0 Å². The van der Waals surface area contributed by atoms with Crippen molar-refractivity contribution >= 4 is 26.5 Å². The second-order valence-corrected chi connectivity index (χ2v) is 10.0. The number of hydrogen-bond acceptors (Lipinski definition) is 3. The fourth-order valence-electron chi connectivity index (χ4n) is 4.07. The van der Waals surface area contributed by atoms with Gasteiger partial charge in [-0.1, -0.05) is 67.6 Å². The molecule has 5 heteroatoms. The molecule has 4 nitrogen and oxygen atoms in total. The van der Waals surface area contributed by atoms with Crippen molar-refractivity contribution in [1.29, 1.82) is 0 Å². The van der Waals surface area contributed by atoms with Crippen LogP contribution in [0.1, 0.15) is 46.4 Å². The Hall–Kier alpha value is -3.18. The van der Waals surface area contributed by atoms with Crippen LogP contribution in [0.4, 0.5) is 0 Å². The molecule has 1 heterocycles. The van der Waals surface area contributed by atoms with E-state index in [9.17, 15) is 13.2 Å². The Morgan fingerprint density at radius 2 is 1.55 bits per heavy atom. The summed E-state index contributed by atoms with van der Waals surface area (Å²) in [5.41, 5.74) is 4.01. The molecule has 0 bridgehead atoms. The number of aromatic amines is 1. The summed E-state index contributed by atoms with van der Waals surface area (Å²) >= 11 is 0. The number of H-pyrrole nitrogens is 1. The minimum Gasteiger partial charge on any atom is -0.358 e. The third kappa shape index (κ3) is 4.19. The van der Waals surface area contributed by atoms with Crippen LogP contribution in [0, 0.1) is 6.92 Å². The smallest absolute Gasteiger partial charge is 0.195 e. The Morgan fingerprint density at radius 1 is 0.903 bits per heavy atom. The number of carbonyl (C=O) groups excluding carboxylic acids is 1. The monoisotopic (exact) mass is 431 g/mol. The van der Waals surface area contributed by atoms with Gasteiger partial charge >= 0.3 is 0 Å².